The van der Waals surface area contributed by atoms with Gasteiger partial charge in [0.15, 0.2) is 0 Å². The lowest BCUT2D eigenvalue weighted by molar-refractivity contribution is 0.264. The molecule has 1 aromatic carbocycles. The molecule has 2 heterocycles. The summed E-state index contributed by atoms with van der Waals surface area (Å²) in [5, 5.41) is 0. The standard InChI is InChI=1S/C15H19N/c1-11-3-5-12(6-4-11)13-9-14-7-8-15(10-13)16(14)2/h3-6,9,14-15H,7-8,10H2,1-2H3/t14-,15+/m0/s1. The van der Waals surface area contributed by atoms with Gasteiger partial charge in [-0.05, 0) is 44.4 Å². The van der Waals surface area contributed by atoms with Gasteiger partial charge in [0.2, 0.25) is 0 Å². The molecule has 0 aliphatic carbocycles. The number of benzene rings is 1. The minimum atomic E-state index is 0.690. The van der Waals surface area contributed by atoms with Crippen molar-refractivity contribution in [3.63, 3.8) is 0 Å². The first-order valence-electron chi connectivity index (χ1n) is 6.24. The second-order valence-corrected chi connectivity index (χ2v) is 5.23. The molecule has 0 saturated carbocycles. The maximum Gasteiger partial charge on any atom is 0.0284 e. The van der Waals surface area contributed by atoms with E-state index in [0.717, 1.165) is 6.04 Å². The lowest BCUT2D eigenvalue weighted by Gasteiger charge is -2.30. The summed E-state index contributed by atoms with van der Waals surface area (Å²) in [6, 6.07) is 10.5. The molecule has 0 unspecified atom stereocenters. The van der Waals surface area contributed by atoms with Gasteiger partial charge in [-0.1, -0.05) is 35.9 Å². The number of fused-ring (bicyclic) bond motifs is 2. The Kier molecular flexibility index (Phi) is 2.36. The number of rotatable bonds is 1. The van der Waals surface area contributed by atoms with Crippen LogP contribution in [-0.2, 0) is 0 Å². The third-order valence-corrected chi connectivity index (χ3v) is 4.17. The first-order valence-corrected chi connectivity index (χ1v) is 6.24. The zero-order chi connectivity index (χ0) is 11.1. The quantitative estimate of drug-likeness (QED) is 0.692. The monoisotopic (exact) mass is 213 g/mol. The highest BCUT2D eigenvalue weighted by Crippen LogP contribution is 2.37. The van der Waals surface area contributed by atoms with Gasteiger partial charge in [-0.25, -0.2) is 0 Å². The molecular formula is C15H19N. The van der Waals surface area contributed by atoms with Gasteiger partial charge in [-0.3, -0.25) is 4.90 Å². The lowest BCUT2D eigenvalue weighted by atomic mass is 9.94. The van der Waals surface area contributed by atoms with Gasteiger partial charge in [0, 0.05) is 12.1 Å². The van der Waals surface area contributed by atoms with Crippen molar-refractivity contribution in [2.75, 3.05) is 7.05 Å². The van der Waals surface area contributed by atoms with E-state index in [4.69, 9.17) is 0 Å². The molecule has 2 atom stereocenters. The minimum absolute atomic E-state index is 0.690. The van der Waals surface area contributed by atoms with Crippen molar-refractivity contribution in [2.24, 2.45) is 0 Å². The lowest BCUT2D eigenvalue weighted by Crippen LogP contribution is -2.34. The first-order chi connectivity index (χ1) is 7.74. The summed E-state index contributed by atoms with van der Waals surface area (Å²) in [5.74, 6) is 0. The van der Waals surface area contributed by atoms with Crippen LogP contribution in [0.1, 0.15) is 30.4 Å². The topological polar surface area (TPSA) is 3.24 Å². The van der Waals surface area contributed by atoms with Crippen LogP contribution in [0, 0.1) is 6.92 Å². The average Bonchev–Trinajstić information content (AvgIpc) is 2.54. The van der Waals surface area contributed by atoms with E-state index in [9.17, 15) is 0 Å². The number of aryl methyl sites for hydroxylation is 1. The molecule has 0 amide bonds. The summed E-state index contributed by atoms with van der Waals surface area (Å²) >= 11 is 0. The summed E-state index contributed by atoms with van der Waals surface area (Å²) < 4.78 is 0. The molecule has 3 rings (SSSR count). The fraction of sp³-hybridized carbons (Fsp3) is 0.467. The second-order valence-electron chi connectivity index (χ2n) is 5.23. The van der Waals surface area contributed by atoms with Crippen molar-refractivity contribution >= 4 is 5.57 Å². The third kappa shape index (κ3) is 1.60. The van der Waals surface area contributed by atoms with E-state index in [1.54, 1.807) is 5.57 Å². The molecule has 84 valence electrons. The van der Waals surface area contributed by atoms with Gasteiger partial charge in [-0.15, -0.1) is 0 Å². The first kappa shape index (κ1) is 10.1. The predicted octanol–water partition coefficient (Wildman–Crippen LogP) is 3.24. The Labute approximate surface area is 97.8 Å². The van der Waals surface area contributed by atoms with E-state index in [1.807, 2.05) is 0 Å². The normalized spacial score (nSPS) is 29.2. The Bertz CT molecular complexity index is 416. The molecule has 1 fully saturated rings. The third-order valence-electron chi connectivity index (χ3n) is 4.17. The van der Waals surface area contributed by atoms with E-state index in [1.165, 1.54) is 30.4 Å². The van der Waals surface area contributed by atoms with Gasteiger partial charge in [0.1, 0.15) is 0 Å². The highest BCUT2D eigenvalue weighted by Gasteiger charge is 2.33. The summed E-state index contributed by atoms with van der Waals surface area (Å²) in [6.07, 6.45) is 6.42. The van der Waals surface area contributed by atoms with Gasteiger partial charge < -0.3 is 0 Å². The van der Waals surface area contributed by atoms with Gasteiger partial charge >= 0.3 is 0 Å². The van der Waals surface area contributed by atoms with Crippen LogP contribution in [0.4, 0.5) is 0 Å². The molecule has 1 aromatic rings. The zero-order valence-corrected chi connectivity index (χ0v) is 10.1. The maximum atomic E-state index is 2.54. The van der Waals surface area contributed by atoms with Crippen LogP contribution in [0.5, 0.6) is 0 Å². The van der Waals surface area contributed by atoms with Crippen LogP contribution < -0.4 is 0 Å². The molecule has 16 heavy (non-hydrogen) atoms. The van der Waals surface area contributed by atoms with Crippen LogP contribution >= 0.6 is 0 Å². The molecule has 2 bridgehead atoms. The summed E-state index contributed by atoms with van der Waals surface area (Å²) in [4.78, 5) is 2.54. The van der Waals surface area contributed by atoms with Gasteiger partial charge in [-0.2, -0.15) is 0 Å². The summed E-state index contributed by atoms with van der Waals surface area (Å²) in [7, 11) is 2.27. The maximum absolute atomic E-state index is 2.54. The number of hydrogen-bond donors (Lipinski definition) is 0. The average molecular weight is 213 g/mol. The SMILES string of the molecule is Cc1ccc(C2=C[C@@H]3CC[C@H](C2)N3C)cc1. The molecule has 1 nitrogen and oxygen atoms in total. The molecule has 2 aliphatic heterocycles. The Morgan fingerprint density at radius 3 is 2.56 bits per heavy atom. The van der Waals surface area contributed by atoms with Crippen LogP contribution in [0.2, 0.25) is 0 Å². The van der Waals surface area contributed by atoms with Crippen LogP contribution in [0.15, 0.2) is 30.3 Å². The molecule has 0 spiro atoms. The fourth-order valence-corrected chi connectivity index (χ4v) is 3.02. The molecule has 0 aromatic heterocycles. The van der Waals surface area contributed by atoms with Crippen molar-refractivity contribution in [3.05, 3.63) is 41.5 Å². The Balaban J connectivity index is 1.92. The molecule has 1 heteroatoms. The van der Waals surface area contributed by atoms with E-state index in [2.05, 4.69) is 49.2 Å². The van der Waals surface area contributed by atoms with E-state index < -0.39 is 0 Å². The summed E-state index contributed by atoms with van der Waals surface area (Å²) in [6.45, 7) is 2.15. The van der Waals surface area contributed by atoms with Crippen molar-refractivity contribution in [1.82, 2.24) is 4.90 Å². The second kappa shape index (κ2) is 3.74. The predicted molar refractivity (Wildman–Crippen MR) is 68.3 cm³/mol. The highest BCUT2D eigenvalue weighted by atomic mass is 15.2. The molecule has 1 saturated heterocycles. The number of nitrogens with zero attached hydrogens (tertiary/aromatic N) is 1. The minimum Gasteiger partial charge on any atom is -0.297 e. The van der Waals surface area contributed by atoms with Crippen LogP contribution in [0.3, 0.4) is 0 Å². The van der Waals surface area contributed by atoms with Gasteiger partial charge in [0.25, 0.3) is 0 Å². The van der Waals surface area contributed by atoms with E-state index >= 15 is 0 Å². The van der Waals surface area contributed by atoms with E-state index in [-0.39, 0.29) is 0 Å². The molecule has 2 aliphatic rings. The summed E-state index contributed by atoms with van der Waals surface area (Å²) in [5.41, 5.74) is 4.33. The zero-order valence-electron chi connectivity index (χ0n) is 10.1. The molecular weight excluding hydrogens is 194 g/mol. The van der Waals surface area contributed by atoms with Gasteiger partial charge in [0.05, 0.1) is 0 Å². The number of likely N-dealkylation sites (N-methyl/N-ethyl adjacent to an activating group) is 1. The van der Waals surface area contributed by atoms with Crippen molar-refractivity contribution in [2.45, 2.75) is 38.3 Å². The van der Waals surface area contributed by atoms with Crippen molar-refractivity contribution in [3.8, 4) is 0 Å². The Morgan fingerprint density at radius 2 is 1.88 bits per heavy atom. The van der Waals surface area contributed by atoms with Crippen molar-refractivity contribution in [1.29, 1.82) is 0 Å². The Hall–Kier alpha value is -1.08. The molecule has 0 radical (unpaired) electrons. The fourth-order valence-electron chi connectivity index (χ4n) is 3.02. The smallest absolute Gasteiger partial charge is 0.0284 e. The van der Waals surface area contributed by atoms with E-state index in [0.29, 0.717) is 6.04 Å². The van der Waals surface area contributed by atoms with Crippen molar-refractivity contribution < 1.29 is 0 Å². The number of hydrogen-bond acceptors (Lipinski definition) is 1. The van der Waals surface area contributed by atoms with Crippen LogP contribution in [0.25, 0.3) is 5.57 Å². The highest BCUT2D eigenvalue weighted by molar-refractivity contribution is 5.68. The Morgan fingerprint density at radius 1 is 1.12 bits per heavy atom. The largest absolute Gasteiger partial charge is 0.297 e. The molecule has 0 N–H and O–H groups in total. The van der Waals surface area contributed by atoms with Crippen LogP contribution in [-0.4, -0.2) is 24.0 Å².